The molecule has 1 amide bonds. The monoisotopic (exact) mass is 435 g/mol. The maximum atomic E-state index is 14.0. The predicted octanol–water partition coefficient (Wildman–Crippen LogP) is 4.48. The van der Waals surface area contributed by atoms with Crippen molar-refractivity contribution in [2.24, 2.45) is 35.0 Å². The van der Waals surface area contributed by atoms with Gasteiger partial charge in [0.05, 0.1) is 6.10 Å². The first-order valence-electron chi connectivity index (χ1n) is 12.2. The van der Waals surface area contributed by atoms with Gasteiger partial charge in [0.1, 0.15) is 11.2 Å². The molecule has 2 fully saturated rings. The molecular formula is C28H37NO3. The van der Waals surface area contributed by atoms with Crippen LogP contribution in [0.25, 0.3) is 0 Å². The van der Waals surface area contributed by atoms with Crippen LogP contribution in [0.15, 0.2) is 54.6 Å². The molecule has 8 unspecified atom stereocenters. The van der Waals surface area contributed by atoms with Gasteiger partial charge in [0, 0.05) is 24.3 Å². The Morgan fingerprint density at radius 1 is 1.12 bits per heavy atom. The topological polar surface area (TPSA) is 66.4 Å². The number of hydrogen-bond donors (Lipinski definition) is 2. The van der Waals surface area contributed by atoms with Crippen LogP contribution in [0.5, 0.6) is 0 Å². The Bertz CT molecular complexity index is 907. The number of carbonyl (C=O) groups excluding carboxylic acids is 2. The van der Waals surface area contributed by atoms with E-state index in [2.05, 4.69) is 44.0 Å². The Labute approximate surface area is 192 Å². The van der Waals surface area contributed by atoms with E-state index in [-0.39, 0.29) is 29.6 Å². The van der Waals surface area contributed by atoms with Crippen molar-refractivity contribution in [3.63, 3.8) is 0 Å². The summed E-state index contributed by atoms with van der Waals surface area (Å²) >= 11 is 0. The van der Waals surface area contributed by atoms with Crippen LogP contribution in [0.3, 0.4) is 0 Å². The van der Waals surface area contributed by atoms with Crippen molar-refractivity contribution >= 4 is 11.7 Å². The molecule has 8 atom stereocenters. The minimum atomic E-state index is -1.23. The quantitative estimate of drug-likeness (QED) is 0.532. The molecule has 4 heteroatoms. The first-order valence-corrected chi connectivity index (χ1v) is 12.2. The second-order valence-corrected chi connectivity index (χ2v) is 10.6. The fourth-order valence-electron chi connectivity index (χ4n) is 6.69. The molecule has 172 valence electrons. The number of allylic oxidation sites excluding steroid dienone is 1. The molecule has 0 aromatic heterocycles. The Morgan fingerprint density at radius 2 is 1.84 bits per heavy atom. The normalized spacial score (nSPS) is 40.2. The minimum absolute atomic E-state index is 0.00925. The average Bonchev–Trinajstić information content (AvgIpc) is 3.04. The summed E-state index contributed by atoms with van der Waals surface area (Å²) in [5.41, 5.74) is 0.639. The van der Waals surface area contributed by atoms with Gasteiger partial charge in [-0.05, 0) is 54.6 Å². The summed E-state index contributed by atoms with van der Waals surface area (Å²) in [6, 6.07) is 9.95. The maximum absolute atomic E-state index is 14.0. The van der Waals surface area contributed by atoms with Crippen LogP contribution in [0.1, 0.15) is 52.0 Å². The summed E-state index contributed by atoms with van der Waals surface area (Å²) in [5, 5.41) is 14.5. The molecule has 0 radical (unpaired) electrons. The Balaban J connectivity index is 1.81. The minimum Gasteiger partial charge on any atom is -0.388 e. The number of aliphatic hydroxyl groups is 1. The highest BCUT2D eigenvalue weighted by molar-refractivity contribution is 6.09. The SMILES string of the molecule is C=C1C(C)C2C(Cc3ccccc3)NC(=O)C23C(=O)CCC(C)CC(C)CC=CC3C1O. The van der Waals surface area contributed by atoms with Gasteiger partial charge in [-0.1, -0.05) is 69.8 Å². The molecule has 32 heavy (non-hydrogen) atoms. The first-order chi connectivity index (χ1) is 15.3. The first kappa shape index (κ1) is 23.0. The summed E-state index contributed by atoms with van der Waals surface area (Å²) < 4.78 is 0. The number of ketones is 1. The van der Waals surface area contributed by atoms with Crippen molar-refractivity contribution in [2.75, 3.05) is 0 Å². The third-order valence-electron chi connectivity index (χ3n) is 8.33. The van der Waals surface area contributed by atoms with Crippen LogP contribution >= 0.6 is 0 Å². The molecule has 4 rings (SSSR count). The zero-order valence-corrected chi connectivity index (χ0v) is 19.6. The van der Waals surface area contributed by atoms with E-state index in [1.54, 1.807) is 0 Å². The van der Waals surface area contributed by atoms with Gasteiger partial charge in [0.15, 0.2) is 0 Å². The highest BCUT2D eigenvalue weighted by atomic mass is 16.3. The Hall–Kier alpha value is -2.20. The average molecular weight is 436 g/mol. The molecule has 2 aliphatic carbocycles. The molecule has 1 aromatic carbocycles. The van der Waals surface area contributed by atoms with Crippen molar-refractivity contribution in [3.05, 3.63) is 60.2 Å². The number of Topliss-reactive ketones (excluding diaryl/α,β-unsaturated/α-hetero) is 1. The number of nitrogens with one attached hydrogen (secondary N) is 1. The molecule has 1 aliphatic heterocycles. The standard InChI is InChI=1S/C28H37NO3/c1-17-9-8-12-22-26(31)20(4)19(3)25-23(16-21-10-6-5-7-11-21)29-27(32)28(22,25)24(30)14-13-18(2)15-17/h5-8,10-12,17-19,22-23,25-26,31H,4,9,13-16H2,1-3H3,(H,29,32). The molecule has 1 spiro atoms. The number of rotatable bonds is 2. The summed E-state index contributed by atoms with van der Waals surface area (Å²) in [6.07, 6.45) is 6.94. The van der Waals surface area contributed by atoms with Gasteiger partial charge in [-0.2, -0.15) is 0 Å². The fraction of sp³-hybridized carbons (Fsp3) is 0.571. The third kappa shape index (κ3) is 3.77. The van der Waals surface area contributed by atoms with Crippen molar-refractivity contribution in [3.8, 4) is 0 Å². The zero-order valence-electron chi connectivity index (χ0n) is 19.6. The largest absolute Gasteiger partial charge is 0.388 e. The third-order valence-corrected chi connectivity index (χ3v) is 8.33. The van der Waals surface area contributed by atoms with Gasteiger partial charge in [-0.25, -0.2) is 0 Å². The van der Waals surface area contributed by atoms with E-state index in [9.17, 15) is 14.7 Å². The predicted molar refractivity (Wildman–Crippen MR) is 127 cm³/mol. The van der Waals surface area contributed by atoms with Crippen molar-refractivity contribution in [1.29, 1.82) is 0 Å². The van der Waals surface area contributed by atoms with Crippen LogP contribution < -0.4 is 5.32 Å². The van der Waals surface area contributed by atoms with Gasteiger partial charge >= 0.3 is 0 Å². The summed E-state index contributed by atoms with van der Waals surface area (Å²) in [7, 11) is 0. The molecular weight excluding hydrogens is 398 g/mol. The lowest BCUT2D eigenvalue weighted by molar-refractivity contribution is -0.151. The van der Waals surface area contributed by atoms with Gasteiger partial charge in [-0.3, -0.25) is 9.59 Å². The Kier molecular flexibility index (Phi) is 6.44. The van der Waals surface area contributed by atoms with Gasteiger partial charge in [0.25, 0.3) is 0 Å². The van der Waals surface area contributed by atoms with Crippen LogP contribution in [-0.4, -0.2) is 28.9 Å². The summed E-state index contributed by atoms with van der Waals surface area (Å²) in [5.74, 6) is -0.197. The van der Waals surface area contributed by atoms with Crippen LogP contribution in [-0.2, 0) is 16.0 Å². The molecule has 1 aromatic rings. The number of hydrogen-bond acceptors (Lipinski definition) is 3. The number of amides is 1. The molecule has 2 N–H and O–H groups in total. The van der Waals surface area contributed by atoms with E-state index in [1.165, 1.54) is 0 Å². The zero-order chi connectivity index (χ0) is 23.0. The summed E-state index contributed by atoms with van der Waals surface area (Å²) in [6.45, 7) is 10.7. The van der Waals surface area contributed by atoms with Crippen LogP contribution in [0, 0.1) is 35.0 Å². The highest BCUT2D eigenvalue weighted by Crippen LogP contribution is 2.57. The lowest BCUT2D eigenvalue weighted by Gasteiger charge is -2.49. The maximum Gasteiger partial charge on any atom is 0.235 e. The second kappa shape index (κ2) is 8.97. The van der Waals surface area contributed by atoms with E-state index in [0.29, 0.717) is 24.7 Å². The van der Waals surface area contributed by atoms with Crippen LogP contribution in [0.2, 0.25) is 0 Å². The van der Waals surface area contributed by atoms with Crippen molar-refractivity contribution in [2.45, 2.75) is 65.0 Å². The van der Waals surface area contributed by atoms with Gasteiger partial charge in [0.2, 0.25) is 5.91 Å². The number of aliphatic hydroxyl groups excluding tert-OH is 1. The fourth-order valence-corrected chi connectivity index (χ4v) is 6.69. The molecule has 1 heterocycles. The van der Waals surface area contributed by atoms with Crippen molar-refractivity contribution in [1.82, 2.24) is 5.32 Å². The molecule has 1 saturated carbocycles. The molecule has 3 aliphatic rings. The van der Waals surface area contributed by atoms with Gasteiger partial charge < -0.3 is 10.4 Å². The second-order valence-electron chi connectivity index (χ2n) is 10.6. The lowest BCUT2D eigenvalue weighted by Crippen LogP contribution is -2.58. The summed E-state index contributed by atoms with van der Waals surface area (Å²) in [4.78, 5) is 27.7. The molecule has 1 saturated heterocycles. The molecule has 4 nitrogen and oxygen atoms in total. The van der Waals surface area contributed by atoms with Crippen LogP contribution in [0.4, 0.5) is 0 Å². The van der Waals surface area contributed by atoms with E-state index >= 15 is 0 Å². The van der Waals surface area contributed by atoms with E-state index < -0.39 is 17.4 Å². The number of carbonyl (C=O) groups is 2. The Morgan fingerprint density at radius 3 is 2.56 bits per heavy atom. The van der Waals surface area contributed by atoms with E-state index in [1.807, 2.05) is 31.2 Å². The smallest absolute Gasteiger partial charge is 0.235 e. The van der Waals surface area contributed by atoms with Crippen molar-refractivity contribution < 1.29 is 14.7 Å². The van der Waals surface area contributed by atoms with Gasteiger partial charge in [-0.15, -0.1) is 0 Å². The molecule has 0 bridgehead atoms. The van der Waals surface area contributed by atoms with E-state index in [0.717, 1.165) is 30.4 Å². The lowest BCUT2D eigenvalue weighted by atomic mass is 9.51. The number of benzene rings is 1. The highest BCUT2D eigenvalue weighted by Gasteiger charge is 2.68. The van der Waals surface area contributed by atoms with E-state index in [4.69, 9.17) is 0 Å².